The van der Waals surface area contributed by atoms with E-state index in [0.717, 1.165) is 7.11 Å². The number of aliphatic hydroxyl groups is 3. The monoisotopic (exact) mass is 453 g/mol. The minimum absolute atomic E-state index is 0.0162. The summed E-state index contributed by atoms with van der Waals surface area (Å²) in [6.45, 7) is 0. The Morgan fingerprint density at radius 3 is 2.75 bits per heavy atom. The Labute approximate surface area is 180 Å². The lowest BCUT2D eigenvalue weighted by Crippen LogP contribution is -2.73. The van der Waals surface area contributed by atoms with E-state index < -0.39 is 60.7 Å². The Kier molecular flexibility index (Phi) is 4.86. The average molecular weight is 453 g/mol. The number of methoxy groups -OCH3 is 2. The van der Waals surface area contributed by atoms with E-state index >= 15 is 0 Å². The molecule has 2 aromatic heterocycles. The lowest BCUT2D eigenvalue weighted by Gasteiger charge is -2.53. The molecule has 174 valence electrons. The molecule has 0 spiro atoms. The van der Waals surface area contributed by atoms with Crippen molar-refractivity contribution in [2.24, 2.45) is 0 Å². The number of fused-ring (bicyclic) bond motifs is 3. The van der Waals surface area contributed by atoms with Crippen molar-refractivity contribution in [2.75, 3.05) is 20.0 Å². The summed E-state index contributed by atoms with van der Waals surface area (Å²) >= 11 is 0. The van der Waals surface area contributed by atoms with Crippen molar-refractivity contribution in [3.8, 4) is 0 Å². The van der Waals surface area contributed by atoms with Crippen LogP contribution in [0.1, 0.15) is 19.1 Å². The third-order valence-electron chi connectivity index (χ3n) is 6.25. The molecule has 7 atom stereocenters. The molecule has 0 aromatic carbocycles. The van der Waals surface area contributed by atoms with Gasteiger partial charge < -0.3 is 44.7 Å². The Morgan fingerprint density at radius 1 is 1.25 bits per heavy atom. The highest BCUT2D eigenvalue weighted by Gasteiger charge is 2.68. The molecular formula is C18H23N5O9. The standard InChI is InChI=1S/C18H23N5O9/c1-28-12-11-7(31-15(12)23-6-22-10-13(19)20-5-21-14(10)23)3-9-18(27,32-11)17(25,26)4-8(30-9)16(24)29-2/h5-9,11-12,15,25-27H,3-4H2,1-2H3,(H2,19,20,21). The van der Waals surface area contributed by atoms with Gasteiger partial charge in [0.2, 0.25) is 11.6 Å². The van der Waals surface area contributed by atoms with Gasteiger partial charge in [0.25, 0.3) is 0 Å². The van der Waals surface area contributed by atoms with E-state index in [1.54, 1.807) is 4.57 Å². The Hall–Kier alpha value is -2.46. The van der Waals surface area contributed by atoms with Crippen molar-refractivity contribution >= 4 is 23.0 Å². The van der Waals surface area contributed by atoms with E-state index in [1.807, 2.05) is 0 Å². The third kappa shape index (κ3) is 2.92. The lowest BCUT2D eigenvalue weighted by atomic mass is 9.83. The molecular weight excluding hydrogens is 430 g/mol. The number of imidazole rings is 1. The number of esters is 1. The van der Waals surface area contributed by atoms with E-state index in [-0.39, 0.29) is 12.2 Å². The Bertz CT molecular complexity index is 1050. The Morgan fingerprint density at radius 2 is 2.03 bits per heavy atom. The van der Waals surface area contributed by atoms with Crippen LogP contribution in [-0.4, -0.2) is 97.1 Å². The number of nitrogens with zero attached hydrogens (tertiary/aromatic N) is 4. The molecule has 3 aliphatic heterocycles. The molecule has 0 bridgehead atoms. The second kappa shape index (κ2) is 7.28. The summed E-state index contributed by atoms with van der Waals surface area (Å²) in [6, 6.07) is 0. The molecule has 3 fully saturated rings. The lowest BCUT2D eigenvalue weighted by molar-refractivity contribution is -0.456. The number of nitrogens with two attached hydrogens (primary N) is 1. The maximum Gasteiger partial charge on any atom is 0.335 e. The van der Waals surface area contributed by atoms with Crippen LogP contribution in [0.3, 0.4) is 0 Å². The summed E-state index contributed by atoms with van der Waals surface area (Å²) < 4.78 is 29.4. The van der Waals surface area contributed by atoms with Gasteiger partial charge in [-0.15, -0.1) is 0 Å². The van der Waals surface area contributed by atoms with Crippen LogP contribution in [0, 0.1) is 0 Å². The molecule has 3 saturated heterocycles. The number of anilines is 1. The average Bonchev–Trinajstić information content (AvgIpc) is 3.33. The fourth-order valence-corrected chi connectivity index (χ4v) is 4.65. The number of rotatable bonds is 3. The van der Waals surface area contributed by atoms with Crippen molar-refractivity contribution in [3.63, 3.8) is 0 Å². The summed E-state index contributed by atoms with van der Waals surface area (Å²) in [4.78, 5) is 24.3. The topological polar surface area (TPSA) is 194 Å². The highest BCUT2D eigenvalue weighted by Crippen LogP contribution is 2.49. The number of aromatic nitrogens is 4. The molecule has 5 heterocycles. The molecule has 0 saturated carbocycles. The van der Waals surface area contributed by atoms with Gasteiger partial charge in [0.15, 0.2) is 23.8 Å². The summed E-state index contributed by atoms with van der Waals surface area (Å²) in [5.41, 5.74) is 6.64. The maximum absolute atomic E-state index is 11.9. The van der Waals surface area contributed by atoms with Gasteiger partial charge in [-0.2, -0.15) is 0 Å². The van der Waals surface area contributed by atoms with Gasteiger partial charge in [0.1, 0.15) is 30.2 Å². The normalized spacial score (nSPS) is 38.3. The van der Waals surface area contributed by atoms with Gasteiger partial charge >= 0.3 is 5.97 Å². The van der Waals surface area contributed by atoms with E-state index in [2.05, 4.69) is 19.7 Å². The molecule has 2 aromatic rings. The molecule has 7 unspecified atom stereocenters. The summed E-state index contributed by atoms with van der Waals surface area (Å²) in [6.07, 6.45) is -3.64. The fourth-order valence-electron chi connectivity index (χ4n) is 4.65. The van der Waals surface area contributed by atoms with E-state index in [1.165, 1.54) is 19.8 Å². The zero-order valence-electron chi connectivity index (χ0n) is 17.2. The molecule has 5 N–H and O–H groups in total. The van der Waals surface area contributed by atoms with Crippen LogP contribution in [0.5, 0.6) is 0 Å². The molecule has 0 aliphatic carbocycles. The number of carbonyl (C=O) groups is 1. The summed E-state index contributed by atoms with van der Waals surface area (Å²) in [5.74, 6) is -5.93. The zero-order valence-corrected chi connectivity index (χ0v) is 17.2. The first-order valence-corrected chi connectivity index (χ1v) is 9.89. The first-order chi connectivity index (χ1) is 15.2. The van der Waals surface area contributed by atoms with Gasteiger partial charge in [0.05, 0.1) is 19.5 Å². The molecule has 0 radical (unpaired) electrons. The van der Waals surface area contributed by atoms with Crippen molar-refractivity contribution in [1.82, 2.24) is 19.5 Å². The van der Waals surface area contributed by atoms with Crippen LogP contribution in [0.4, 0.5) is 5.82 Å². The maximum atomic E-state index is 11.9. The first kappa shape index (κ1) is 21.4. The number of ether oxygens (including phenoxy) is 5. The minimum atomic E-state index is -2.79. The number of hydrogen-bond acceptors (Lipinski definition) is 13. The van der Waals surface area contributed by atoms with Gasteiger partial charge in [-0.1, -0.05) is 0 Å². The van der Waals surface area contributed by atoms with E-state index in [0.29, 0.717) is 11.2 Å². The number of carbonyl (C=O) groups excluding carboxylic acids is 1. The quantitative estimate of drug-likeness (QED) is 0.289. The Balaban J connectivity index is 1.48. The summed E-state index contributed by atoms with van der Waals surface area (Å²) in [5, 5.41) is 32.3. The molecule has 14 heteroatoms. The SMILES string of the molecule is COC(=O)C1CC(O)(O)C2(O)OC3C(CC2O1)OC(n1cnc2c(N)ncnc21)C3OC. The fraction of sp³-hybridized carbons (Fsp3) is 0.667. The second-order valence-corrected chi connectivity index (χ2v) is 8.02. The van der Waals surface area contributed by atoms with Crippen LogP contribution in [0.2, 0.25) is 0 Å². The second-order valence-electron chi connectivity index (χ2n) is 8.02. The smallest absolute Gasteiger partial charge is 0.335 e. The highest BCUT2D eigenvalue weighted by atomic mass is 16.7. The van der Waals surface area contributed by atoms with Crippen LogP contribution in [0.15, 0.2) is 12.7 Å². The third-order valence-corrected chi connectivity index (χ3v) is 6.25. The summed E-state index contributed by atoms with van der Waals surface area (Å²) in [7, 11) is 2.58. The predicted octanol–water partition coefficient (Wildman–Crippen LogP) is -2.19. The zero-order chi connectivity index (χ0) is 22.8. The van der Waals surface area contributed by atoms with Gasteiger partial charge in [0, 0.05) is 20.0 Å². The van der Waals surface area contributed by atoms with Crippen molar-refractivity contribution in [3.05, 3.63) is 12.7 Å². The number of nitrogen functional groups attached to an aromatic ring is 1. The van der Waals surface area contributed by atoms with Crippen LogP contribution >= 0.6 is 0 Å². The van der Waals surface area contributed by atoms with E-state index in [4.69, 9.17) is 24.7 Å². The van der Waals surface area contributed by atoms with Gasteiger partial charge in [-0.25, -0.2) is 19.7 Å². The minimum Gasteiger partial charge on any atom is -0.467 e. The molecule has 0 amide bonds. The van der Waals surface area contributed by atoms with Crippen LogP contribution in [-0.2, 0) is 28.5 Å². The predicted molar refractivity (Wildman–Crippen MR) is 101 cm³/mol. The highest BCUT2D eigenvalue weighted by molar-refractivity contribution is 5.81. The molecule has 32 heavy (non-hydrogen) atoms. The number of hydrogen-bond donors (Lipinski definition) is 4. The molecule has 3 aliphatic rings. The molecule has 14 nitrogen and oxygen atoms in total. The van der Waals surface area contributed by atoms with Crippen molar-refractivity contribution in [2.45, 2.75) is 61.2 Å². The first-order valence-electron chi connectivity index (χ1n) is 9.89. The molecule has 5 rings (SSSR count). The van der Waals surface area contributed by atoms with Crippen LogP contribution in [0.25, 0.3) is 11.2 Å². The van der Waals surface area contributed by atoms with Gasteiger partial charge in [-0.3, -0.25) is 4.57 Å². The van der Waals surface area contributed by atoms with Crippen LogP contribution < -0.4 is 5.73 Å². The van der Waals surface area contributed by atoms with E-state index in [9.17, 15) is 20.1 Å². The van der Waals surface area contributed by atoms with Crippen molar-refractivity contribution in [1.29, 1.82) is 0 Å². The van der Waals surface area contributed by atoms with Crippen molar-refractivity contribution < 1.29 is 43.8 Å². The van der Waals surface area contributed by atoms with Gasteiger partial charge in [-0.05, 0) is 0 Å². The largest absolute Gasteiger partial charge is 0.467 e.